The normalized spacial score (nSPS) is 11.7. The molecule has 0 spiro atoms. The van der Waals surface area contributed by atoms with Crippen molar-refractivity contribution in [3.63, 3.8) is 0 Å². The van der Waals surface area contributed by atoms with E-state index in [2.05, 4.69) is 15.5 Å². The van der Waals surface area contributed by atoms with Crippen LogP contribution < -0.4 is 5.32 Å². The molecule has 7 nitrogen and oxygen atoms in total. The van der Waals surface area contributed by atoms with E-state index in [-0.39, 0.29) is 23.9 Å². The third-order valence-corrected chi connectivity index (χ3v) is 3.88. The molecule has 0 unspecified atom stereocenters. The third-order valence-electron chi connectivity index (χ3n) is 2.10. The second-order valence-corrected chi connectivity index (χ2v) is 5.18. The number of H-pyrrole nitrogens is 1. The molecule has 0 saturated carbocycles. The molecule has 1 rings (SSSR count). The summed E-state index contributed by atoms with van der Waals surface area (Å²) in [5, 5.41) is 8.40. The summed E-state index contributed by atoms with van der Waals surface area (Å²) in [7, 11) is -0.643. The molecule has 8 heteroatoms. The number of nitrogens with zero attached hydrogens (tertiary/aromatic N) is 2. The van der Waals surface area contributed by atoms with Crippen molar-refractivity contribution in [2.75, 3.05) is 20.6 Å². The number of hydrogen-bond donors (Lipinski definition) is 2. The van der Waals surface area contributed by atoms with E-state index in [0.717, 1.165) is 4.31 Å². The molecule has 0 fully saturated rings. The molecule has 2 N–H and O–H groups in total. The van der Waals surface area contributed by atoms with Crippen LogP contribution in [0.15, 0.2) is 17.3 Å². The Morgan fingerprint density at radius 1 is 1.62 bits per heavy atom. The molecule has 0 aliphatic heterocycles. The van der Waals surface area contributed by atoms with Gasteiger partial charge in [-0.2, -0.15) is 9.40 Å². The highest BCUT2D eigenvalue weighted by Crippen LogP contribution is 2.10. The fourth-order valence-corrected chi connectivity index (χ4v) is 2.13. The van der Waals surface area contributed by atoms with Gasteiger partial charge in [0.25, 0.3) is 10.0 Å². The predicted octanol–water partition coefficient (Wildman–Crippen LogP) is -0.834. The smallest absolute Gasteiger partial charge is 0.259 e. The average Bonchev–Trinajstić information content (AvgIpc) is 2.78. The molecule has 0 bridgehead atoms. The summed E-state index contributed by atoms with van der Waals surface area (Å²) in [5.74, 6) is -0.202. The van der Waals surface area contributed by atoms with Gasteiger partial charge < -0.3 is 5.32 Å². The minimum atomic E-state index is -3.56. The SMILES string of the molecule is CNC(=O)CCN(C)S(=O)(=O)c1ccn[nH]1. The lowest BCUT2D eigenvalue weighted by Crippen LogP contribution is -2.31. The second kappa shape index (κ2) is 5.08. The molecular formula is C8H14N4O3S. The lowest BCUT2D eigenvalue weighted by molar-refractivity contribution is -0.120. The van der Waals surface area contributed by atoms with E-state index in [9.17, 15) is 13.2 Å². The van der Waals surface area contributed by atoms with E-state index < -0.39 is 10.0 Å². The van der Waals surface area contributed by atoms with Crippen LogP contribution in [0, 0.1) is 0 Å². The van der Waals surface area contributed by atoms with E-state index in [0.29, 0.717) is 0 Å². The highest BCUT2D eigenvalue weighted by Gasteiger charge is 2.22. The summed E-state index contributed by atoms with van der Waals surface area (Å²) in [6.07, 6.45) is 1.49. The van der Waals surface area contributed by atoms with Crippen molar-refractivity contribution >= 4 is 15.9 Å². The van der Waals surface area contributed by atoms with E-state index in [4.69, 9.17) is 0 Å². The van der Waals surface area contributed by atoms with Gasteiger partial charge in [0.1, 0.15) is 0 Å². The number of nitrogens with one attached hydrogen (secondary N) is 2. The highest BCUT2D eigenvalue weighted by molar-refractivity contribution is 7.89. The van der Waals surface area contributed by atoms with Gasteiger partial charge in [0.2, 0.25) is 5.91 Å². The van der Waals surface area contributed by atoms with Gasteiger partial charge in [-0.25, -0.2) is 8.42 Å². The van der Waals surface area contributed by atoms with E-state index in [1.54, 1.807) is 0 Å². The van der Waals surface area contributed by atoms with Crippen LogP contribution in [-0.4, -0.2) is 49.5 Å². The molecule has 0 radical (unpaired) electrons. The van der Waals surface area contributed by atoms with Gasteiger partial charge in [-0.15, -0.1) is 0 Å². The van der Waals surface area contributed by atoms with E-state index >= 15 is 0 Å². The number of hydrogen-bond acceptors (Lipinski definition) is 4. The van der Waals surface area contributed by atoms with Crippen molar-refractivity contribution < 1.29 is 13.2 Å². The maximum Gasteiger partial charge on any atom is 0.259 e. The first-order chi connectivity index (χ1) is 7.48. The maximum atomic E-state index is 11.8. The molecule has 90 valence electrons. The number of amides is 1. The van der Waals surface area contributed by atoms with Crippen molar-refractivity contribution in [1.82, 2.24) is 19.8 Å². The Morgan fingerprint density at radius 2 is 2.31 bits per heavy atom. The number of carbonyl (C=O) groups excluding carboxylic acids is 1. The third kappa shape index (κ3) is 2.80. The molecule has 1 heterocycles. The van der Waals surface area contributed by atoms with Crippen LogP contribution in [0.1, 0.15) is 6.42 Å². The maximum absolute atomic E-state index is 11.8. The van der Waals surface area contributed by atoms with Gasteiger partial charge in [-0.3, -0.25) is 9.89 Å². The second-order valence-electron chi connectivity index (χ2n) is 3.17. The topological polar surface area (TPSA) is 95.2 Å². The summed E-state index contributed by atoms with van der Waals surface area (Å²) < 4.78 is 24.7. The summed E-state index contributed by atoms with van der Waals surface area (Å²) in [4.78, 5) is 11.0. The fraction of sp³-hybridized carbons (Fsp3) is 0.500. The Kier molecular flexibility index (Phi) is 4.02. The first-order valence-electron chi connectivity index (χ1n) is 4.64. The molecule has 0 aliphatic carbocycles. The molecule has 0 atom stereocenters. The first kappa shape index (κ1) is 12.7. The zero-order chi connectivity index (χ0) is 12.2. The minimum Gasteiger partial charge on any atom is -0.359 e. The first-order valence-corrected chi connectivity index (χ1v) is 6.09. The Hall–Kier alpha value is -1.41. The number of carbonyl (C=O) groups is 1. The number of aromatic nitrogens is 2. The quantitative estimate of drug-likeness (QED) is 0.708. The van der Waals surface area contributed by atoms with Gasteiger partial charge in [0.15, 0.2) is 5.03 Å². The summed E-state index contributed by atoms with van der Waals surface area (Å²) in [6, 6.07) is 1.37. The van der Waals surface area contributed by atoms with Crippen LogP contribution in [0.2, 0.25) is 0 Å². The van der Waals surface area contributed by atoms with Crippen LogP contribution >= 0.6 is 0 Å². The molecule has 1 aromatic heterocycles. The van der Waals surface area contributed by atoms with Crippen LogP contribution in [0.3, 0.4) is 0 Å². The van der Waals surface area contributed by atoms with E-state index in [1.807, 2.05) is 0 Å². The summed E-state index contributed by atoms with van der Waals surface area (Å²) >= 11 is 0. The molecule has 16 heavy (non-hydrogen) atoms. The lowest BCUT2D eigenvalue weighted by atomic mass is 10.4. The summed E-state index contributed by atoms with van der Waals surface area (Å²) in [6.45, 7) is 0.126. The van der Waals surface area contributed by atoms with Crippen LogP contribution in [0.25, 0.3) is 0 Å². The van der Waals surface area contributed by atoms with Gasteiger partial charge in [-0.1, -0.05) is 0 Å². The standard InChI is InChI=1S/C8H14N4O3S/c1-9-7(13)4-6-12(2)16(14,15)8-3-5-10-11-8/h3,5H,4,6H2,1-2H3,(H,9,13)(H,10,11). The molecule has 0 aliphatic rings. The Labute approximate surface area is 93.9 Å². The van der Waals surface area contributed by atoms with Crippen LogP contribution in [0.4, 0.5) is 0 Å². The highest BCUT2D eigenvalue weighted by atomic mass is 32.2. The molecule has 1 amide bonds. The molecule has 1 aromatic rings. The predicted molar refractivity (Wildman–Crippen MR) is 57.1 cm³/mol. The zero-order valence-corrected chi connectivity index (χ0v) is 9.91. The van der Waals surface area contributed by atoms with Crippen LogP contribution in [-0.2, 0) is 14.8 Å². The van der Waals surface area contributed by atoms with Gasteiger partial charge >= 0.3 is 0 Å². The van der Waals surface area contributed by atoms with Crippen molar-refractivity contribution in [2.45, 2.75) is 11.4 Å². The van der Waals surface area contributed by atoms with Crippen molar-refractivity contribution in [3.05, 3.63) is 12.3 Å². The summed E-state index contributed by atoms with van der Waals surface area (Å²) in [5.41, 5.74) is 0. The molecule has 0 aromatic carbocycles. The number of sulfonamides is 1. The van der Waals surface area contributed by atoms with Gasteiger partial charge in [0, 0.05) is 27.1 Å². The Bertz CT molecular complexity index is 440. The largest absolute Gasteiger partial charge is 0.359 e. The molecular weight excluding hydrogens is 232 g/mol. The molecule has 0 saturated heterocycles. The van der Waals surface area contributed by atoms with E-state index in [1.165, 1.54) is 26.4 Å². The zero-order valence-electron chi connectivity index (χ0n) is 9.10. The monoisotopic (exact) mass is 246 g/mol. The van der Waals surface area contributed by atoms with Crippen LogP contribution in [0.5, 0.6) is 0 Å². The van der Waals surface area contributed by atoms with Gasteiger partial charge in [-0.05, 0) is 6.07 Å². The Morgan fingerprint density at radius 3 is 2.81 bits per heavy atom. The van der Waals surface area contributed by atoms with Crippen molar-refractivity contribution in [3.8, 4) is 0 Å². The lowest BCUT2D eigenvalue weighted by Gasteiger charge is -2.14. The van der Waals surface area contributed by atoms with Crippen molar-refractivity contribution in [1.29, 1.82) is 0 Å². The fourth-order valence-electron chi connectivity index (χ4n) is 1.06. The minimum absolute atomic E-state index is 0.0203. The number of aromatic amines is 1. The number of rotatable bonds is 5. The Balaban J connectivity index is 2.67. The average molecular weight is 246 g/mol. The van der Waals surface area contributed by atoms with Gasteiger partial charge in [0.05, 0.1) is 6.20 Å². The van der Waals surface area contributed by atoms with Crippen molar-refractivity contribution in [2.24, 2.45) is 0 Å².